The van der Waals surface area contributed by atoms with Gasteiger partial charge in [-0.15, -0.1) is 11.3 Å². The number of benzene rings is 1. The number of likely N-dealkylation sites (tertiary alicyclic amines) is 1. The number of halogens is 2. The number of nitrogens with zero attached hydrogens (tertiary/aromatic N) is 3. The van der Waals surface area contributed by atoms with Crippen LogP contribution < -0.4 is 4.90 Å². The summed E-state index contributed by atoms with van der Waals surface area (Å²) in [6, 6.07) is 5.01. The molecule has 4 nitrogen and oxygen atoms in total. The summed E-state index contributed by atoms with van der Waals surface area (Å²) >= 11 is 1.54. The summed E-state index contributed by atoms with van der Waals surface area (Å²) < 4.78 is 28.1. The van der Waals surface area contributed by atoms with Gasteiger partial charge in [-0.2, -0.15) is 0 Å². The maximum Gasteiger partial charge on any atom is 0.270 e. The molecule has 158 valence electrons. The van der Waals surface area contributed by atoms with E-state index < -0.39 is 5.92 Å². The molecule has 0 atom stereocenters. The number of hydrogen-bond acceptors (Lipinski definition) is 4. The highest BCUT2D eigenvalue weighted by Crippen LogP contribution is 2.37. The molecule has 2 aromatic rings. The number of thiophene rings is 1. The Morgan fingerprint density at radius 1 is 1.10 bits per heavy atom. The summed E-state index contributed by atoms with van der Waals surface area (Å²) in [5.41, 5.74) is 1.23. The summed E-state index contributed by atoms with van der Waals surface area (Å²) in [5, 5.41) is 3.15. The topological polar surface area (TPSA) is 26.8 Å². The lowest BCUT2D eigenvalue weighted by Gasteiger charge is -2.36. The van der Waals surface area contributed by atoms with E-state index >= 15 is 0 Å². The molecule has 4 rings (SSSR count). The molecular weight excluding hydrogens is 392 g/mol. The van der Waals surface area contributed by atoms with Crippen LogP contribution in [0.1, 0.15) is 38.2 Å². The van der Waals surface area contributed by atoms with Gasteiger partial charge in [0, 0.05) is 73.6 Å². The molecular formula is C22H29F2N3OS. The lowest BCUT2D eigenvalue weighted by atomic mass is 10.1. The first-order valence-corrected chi connectivity index (χ1v) is 11.4. The van der Waals surface area contributed by atoms with E-state index in [9.17, 15) is 13.6 Å². The predicted octanol–water partition coefficient (Wildman–Crippen LogP) is 4.54. The fraction of sp³-hybridized carbons (Fsp3) is 0.591. The number of anilines is 1. The fourth-order valence-electron chi connectivity index (χ4n) is 4.32. The maximum atomic E-state index is 13.6. The van der Waals surface area contributed by atoms with Crippen LogP contribution in [0.15, 0.2) is 23.6 Å². The van der Waals surface area contributed by atoms with Gasteiger partial charge in [0.1, 0.15) is 0 Å². The number of rotatable bonds is 6. The summed E-state index contributed by atoms with van der Waals surface area (Å²) in [6.45, 7) is 7.58. The molecule has 3 heterocycles. The van der Waals surface area contributed by atoms with Crippen molar-refractivity contribution in [1.29, 1.82) is 0 Å². The SMILES string of the molecule is CC(F)(F)c1ccc2c(N3CCN(CCCC(=O)N4CCCC4)CC3)csc2c1. The molecule has 2 aliphatic heterocycles. The minimum absolute atomic E-state index is 0.0756. The van der Waals surface area contributed by atoms with Crippen molar-refractivity contribution in [3.8, 4) is 0 Å². The molecule has 29 heavy (non-hydrogen) atoms. The normalized spacial score (nSPS) is 18.7. The second-order valence-corrected chi connectivity index (χ2v) is 9.15. The van der Waals surface area contributed by atoms with Gasteiger partial charge in [0.25, 0.3) is 5.92 Å². The number of hydrogen-bond donors (Lipinski definition) is 0. The van der Waals surface area contributed by atoms with Crippen molar-refractivity contribution >= 4 is 33.0 Å². The molecule has 0 N–H and O–H groups in total. The molecule has 0 radical (unpaired) electrons. The third-order valence-corrected chi connectivity index (χ3v) is 7.03. The van der Waals surface area contributed by atoms with Crippen LogP contribution in [0.2, 0.25) is 0 Å². The predicted molar refractivity (Wildman–Crippen MR) is 115 cm³/mol. The Morgan fingerprint density at radius 2 is 1.83 bits per heavy atom. The Kier molecular flexibility index (Phi) is 6.06. The van der Waals surface area contributed by atoms with Crippen molar-refractivity contribution in [3.63, 3.8) is 0 Å². The van der Waals surface area contributed by atoms with E-state index in [1.54, 1.807) is 12.1 Å². The van der Waals surface area contributed by atoms with Crippen LogP contribution in [-0.2, 0) is 10.7 Å². The number of carbonyl (C=O) groups is 1. The molecule has 0 aliphatic carbocycles. The van der Waals surface area contributed by atoms with Gasteiger partial charge in [-0.3, -0.25) is 9.69 Å². The van der Waals surface area contributed by atoms with Crippen molar-refractivity contribution in [2.45, 2.75) is 38.5 Å². The van der Waals surface area contributed by atoms with Gasteiger partial charge in [0.15, 0.2) is 0 Å². The second kappa shape index (κ2) is 8.56. The zero-order chi connectivity index (χ0) is 20.4. The number of carbonyl (C=O) groups excluding carboxylic acids is 1. The van der Waals surface area contributed by atoms with Crippen LogP contribution in [0.3, 0.4) is 0 Å². The minimum Gasteiger partial charge on any atom is -0.368 e. The summed E-state index contributed by atoms with van der Waals surface area (Å²) in [4.78, 5) is 18.9. The molecule has 0 spiro atoms. The van der Waals surface area contributed by atoms with Gasteiger partial charge in [-0.25, -0.2) is 8.78 Å². The lowest BCUT2D eigenvalue weighted by Crippen LogP contribution is -2.46. The minimum atomic E-state index is -2.81. The van der Waals surface area contributed by atoms with Crippen molar-refractivity contribution in [1.82, 2.24) is 9.80 Å². The zero-order valence-corrected chi connectivity index (χ0v) is 17.8. The van der Waals surface area contributed by atoms with Crippen molar-refractivity contribution in [3.05, 3.63) is 29.1 Å². The third-order valence-electron chi connectivity index (χ3n) is 6.10. The summed E-state index contributed by atoms with van der Waals surface area (Å²) in [6.07, 6.45) is 3.87. The van der Waals surface area contributed by atoms with E-state index in [2.05, 4.69) is 15.2 Å². The first kappa shape index (κ1) is 20.5. The zero-order valence-electron chi connectivity index (χ0n) is 17.0. The summed E-state index contributed by atoms with van der Waals surface area (Å²) in [7, 11) is 0. The lowest BCUT2D eigenvalue weighted by molar-refractivity contribution is -0.130. The van der Waals surface area contributed by atoms with Crippen LogP contribution in [0.4, 0.5) is 14.5 Å². The van der Waals surface area contributed by atoms with Gasteiger partial charge >= 0.3 is 0 Å². The molecule has 1 amide bonds. The average Bonchev–Trinajstić information content (AvgIpc) is 3.37. The van der Waals surface area contributed by atoms with Crippen molar-refractivity contribution in [2.75, 3.05) is 50.7 Å². The molecule has 1 aromatic carbocycles. The number of piperazine rings is 1. The Balaban J connectivity index is 1.29. The first-order chi connectivity index (χ1) is 13.9. The molecule has 2 fully saturated rings. The molecule has 1 aromatic heterocycles. The average molecular weight is 422 g/mol. The molecule has 7 heteroatoms. The fourth-order valence-corrected chi connectivity index (χ4v) is 5.33. The van der Waals surface area contributed by atoms with Crippen LogP contribution in [-0.4, -0.2) is 61.5 Å². The standard InChI is InChI=1S/C22H29F2N3OS/c1-22(23,24)17-6-7-18-19(16-29-20(18)15-17)26-13-11-25(12-14-26)8-4-5-21(28)27-9-2-3-10-27/h6-7,15-16H,2-5,8-14H2,1H3. The van der Waals surface area contributed by atoms with Crippen molar-refractivity contribution < 1.29 is 13.6 Å². The van der Waals surface area contributed by atoms with Crippen LogP contribution in [0.5, 0.6) is 0 Å². The molecule has 0 bridgehead atoms. The van der Waals surface area contributed by atoms with Crippen LogP contribution in [0.25, 0.3) is 10.1 Å². The Hall–Kier alpha value is -1.73. The van der Waals surface area contributed by atoms with Crippen LogP contribution in [0, 0.1) is 0 Å². The number of fused-ring (bicyclic) bond motifs is 1. The van der Waals surface area contributed by atoms with E-state index in [4.69, 9.17) is 0 Å². The van der Waals surface area contributed by atoms with Gasteiger partial charge in [0.05, 0.1) is 5.69 Å². The second-order valence-electron chi connectivity index (χ2n) is 8.24. The highest BCUT2D eigenvalue weighted by atomic mass is 32.1. The molecule has 2 saturated heterocycles. The van der Waals surface area contributed by atoms with E-state index in [0.717, 1.165) is 87.8 Å². The van der Waals surface area contributed by atoms with E-state index in [0.29, 0.717) is 12.3 Å². The Morgan fingerprint density at radius 3 is 2.52 bits per heavy atom. The van der Waals surface area contributed by atoms with E-state index in [1.807, 2.05) is 11.0 Å². The van der Waals surface area contributed by atoms with Crippen molar-refractivity contribution in [2.24, 2.45) is 0 Å². The molecule has 2 aliphatic rings. The molecule has 0 saturated carbocycles. The van der Waals surface area contributed by atoms with Gasteiger partial charge in [0.2, 0.25) is 5.91 Å². The van der Waals surface area contributed by atoms with E-state index in [1.165, 1.54) is 11.3 Å². The van der Waals surface area contributed by atoms with Gasteiger partial charge in [-0.05, 0) is 31.9 Å². The largest absolute Gasteiger partial charge is 0.368 e. The smallest absolute Gasteiger partial charge is 0.270 e. The number of amides is 1. The van der Waals surface area contributed by atoms with Gasteiger partial charge in [-0.1, -0.05) is 12.1 Å². The Bertz CT molecular complexity index is 849. The Labute approximate surface area is 175 Å². The van der Waals surface area contributed by atoms with E-state index in [-0.39, 0.29) is 5.56 Å². The highest BCUT2D eigenvalue weighted by Gasteiger charge is 2.26. The van der Waals surface area contributed by atoms with Crippen LogP contribution >= 0.6 is 11.3 Å². The maximum absolute atomic E-state index is 13.6. The van der Waals surface area contributed by atoms with Gasteiger partial charge < -0.3 is 9.80 Å². The number of alkyl halides is 2. The highest BCUT2D eigenvalue weighted by molar-refractivity contribution is 7.17. The molecule has 0 unspecified atom stereocenters. The third kappa shape index (κ3) is 4.72. The quantitative estimate of drug-likeness (QED) is 0.685. The summed E-state index contributed by atoms with van der Waals surface area (Å²) in [5.74, 6) is -2.50. The monoisotopic (exact) mass is 421 g/mol. The first-order valence-electron chi connectivity index (χ1n) is 10.6.